The molecule has 0 saturated carbocycles. The summed E-state index contributed by atoms with van der Waals surface area (Å²) in [6, 6.07) is 0. The summed E-state index contributed by atoms with van der Waals surface area (Å²) in [7, 11) is 3.94. The van der Waals surface area contributed by atoms with E-state index in [2.05, 4.69) is 17.1 Å². The van der Waals surface area contributed by atoms with Crippen LogP contribution in [0.3, 0.4) is 0 Å². The average molecular weight is 284 g/mol. The summed E-state index contributed by atoms with van der Waals surface area (Å²) in [5.74, 6) is 0.0316. The van der Waals surface area contributed by atoms with Gasteiger partial charge in [0, 0.05) is 13.6 Å². The van der Waals surface area contributed by atoms with Crippen LogP contribution in [0.15, 0.2) is 5.16 Å². The molecule has 0 aromatic heterocycles. The molecule has 3 N–H and O–H groups in total. The molecule has 1 fully saturated rings. The van der Waals surface area contributed by atoms with Gasteiger partial charge in [-0.2, -0.15) is 0 Å². The van der Waals surface area contributed by atoms with Gasteiger partial charge in [-0.3, -0.25) is 4.79 Å². The maximum atomic E-state index is 12.4. The van der Waals surface area contributed by atoms with Gasteiger partial charge in [-0.1, -0.05) is 18.5 Å². The predicted octanol–water partition coefficient (Wildman–Crippen LogP) is 0.949. The summed E-state index contributed by atoms with van der Waals surface area (Å²) in [5.41, 5.74) is 5.64. The molecule has 0 bridgehead atoms. The van der Waals surface area contributed by atoms with E-state index in [1.165, 1.54) is 0 Å². The van der Waals surface area contributed by atoms with Crippen molar-refractivity contribution in [3.63, 3.8) is 0 Å². The molecule has 0 aliphatic carbocycles. The molecule has 0 spiro atoms. The highest BCUT2D eigenvalue weighted by atomic mass is 16.4. The molecule has 0 aromatic carbocycles. The quantitative estimate of drug-likeness (QED) is 0.329. The van der Waals surface area contributed by atoms with E-state index in [4.69, 9.17) is 10.9 Å². The van der Waals surface area contributed by atoms with Gasteiger partial charge in [0.15, 0.2) is 5.84 Å². The summed E-state index contributed by atoms with van der Waals surface area (Å²) in [6.07, 6.45) is 3.69. The molecule has 0 radical (unpaired) electrons. The van der Waals surface area contributed by atoms with E-state index in [1.54, 1.807) is 4.90 Å². The fourth-order valence-corrected chi connectivity index (χ4v) is 2.74. The van der Waals surface area contributed by atoms with Crippen LogP contribution in [-0.2, 0) is 4.79 Å². The molecule has 1 atom stereocenters. The second-order valence-corrected chi connectivity index (χ2v) is 5.83. The molecule has 1 heterocycles. The Bertz CT molecular complexity index is 338. The van der Waals surface area contributed by atoms with E-state index in [-0.39, 0.29) is 11.7 Å². The Kier molecular flexibility index (Phi) is 6.78. The zero-order valence-electron chi connectivity index (χ0n) is 12.9. The largest absolute Gasteiger partial charge is 0.409 e. The molecule has 1 aliphatic heterocycles. The maximum Gasteiger partial charge on any atom is 0.233 e. The van der Waals surface area contributed by atoms with Gasteiger partial charge in [0.05, 0.1) is 5.92 Å². The normalized spacial score (nSPS) is 19.9. The fourth-order valence-electron chi connectivity index (χ4n) is 2.74. The number of hydrogen-bond donors (Lipinski definition) is 2. The van der Waals surface area contributed by atoms with Crippen molar-refractivity contribution in [2.45, 2.75) is 32.6 Å². The summed E-state index contributed by atoms with van der Waals surface area (Å²) < 4.78 is 0. The number of rotatable bonds is 6. The number of carbonyl (C=O) groups is 1. The van der Waals surface area contributed by atoms with E-state index < -0.39 is 5.92 Å². The predicted molar refractivity (Wildman–Crippen MR) is 79.7 cm³/mol. The first kappa shape index (κ1) is 16.8. The molecule has 0 aromatic rings. The molecule has 1 saturated heterocycles. The highest BCUT2D eigenvalue weighted by Crippen LogP contribution is 2.18. The Balaban J connectivity index is 2.55. The van der Waals surface area contributed by atoms with E-state index in [1.807, 2.05) is 14.0 Å². The Morgan fingerprint density at radius 1 is 1.50 bits per heavy atom. The van der Waals surface area contributed by atoms with Crippen LogP contribution in [0.2, 0.25) is 0 Å². The number of amidine groups is 1. The molecule has 1 rings (SSSR count). The van der Waals surface area contributed by atoms with Gasteiger partial charge < -0.3 is 20.7 Å². The van der Waals surface area contributed by atoms with Gasteiger partial charge in [-0.15, -0.1) is 0 Å². The Hall–Kier alpha value is -1.30. The van der Waals surface area contributed by atoms with Crippen LogP contribution in [-0.4, -0.2) is 60.5 Å². The van der Waals surface area contributed by atoms with Gasteiger partial charge in [-0.25, -0.2) is 0 Å². The fraction of sp³-hybridized carbons (Fsp3) is 0.857. The highest BCUT2D eigenvalue weighted by Gasteiger charge is 2.27. The van der Waals surface area contributed by atoms with Crippen molar-refractivity contribution in [3.05, 3.63) is 0 Å². The standard InChI is InChI=1S/C14H28N4O2/c1-4-5-12(13(15)16-20)14(19)18(3)10-11-6-8-17(2)9-7-11/h11-12,20H,4-10H2,1-3H3,(H2,15,16). The van der Waals surface area contributed by atoms with Gasteiger partial charge in [0.1, 0.15) is 0 Å². The summed E-state index contributed by atoms with van der Waals surface area (Å²) in [5, 5.41) is 11.8. The first-order valence-electron chi connectivity index (χ1n) is 7.40. The van der Waals surface area contributed by atoms with Crippen LogP contribution in [0.25, 0.3) is 0 Å². The van der Waals surface area contributed by atoms with E-state index in [0.717, 1.165) is 38.9 Å². The number of piperidine rings is 1. The first-order chi connectivity index (χ1) is 9.49. The van der Waals surface area contributed by atoms with Gasteiger partial charge >= 0.3 is 0 Å². The maximum absolute atomic E-state index is 12.4. The molecule has 6 nitrogen and oxygen atoms in total. The lowest BCUT2D eigenvalue weighted by Gasteiger charge is -2.32. The third-order valence-corrected chi connectivity index (χ3v) is 4.09. The Morgan fingerprint density at radius 3 is 2.60 bits per heavy atom. The first-order valence-corrected chi connectivity index (χ1v) is 7.40. The Morgan fingerprint density at radius 2 is 2.10 bits per heavy atom. The lowest BCUT2D eigenvalue weighted by molar-refractivity contribution is -0.133. The molecular weight excluding hydrogens is 256 g/mol. The van der Waals surface area contributed by atoms with Crippen molar-refractivity contribution in [1.29, 1.82) is 0 Å². The van der Waals surface area contributed by atoms with Crippen LogP contribution in [0.4, 0.5) is 0 Å². The van der Waals surface area contributed by atoms with Gasteiger partial charge in [0.25, 0.3) is 0 Å². The smallest absolute Gasteiger partial charge is 0.233 e. The highest BCUT2D eigenvalue weighted by molar-refractivity contribution is 6.01. The lowest BCUT2D eigenvalue weighted by atomic mass is 9.95. The van der Waals surface area contributed by atoms with E-state index in [9.17, 15) is 4.79 Å². The zero-order chi connectivity index (χ0) is 15.1. The van der Waals surface area contributed by atoms with Gasteiger partial charge in [0.2, 0.25) is 5.91 Å². The van der Waals surface area contributed by atoms with Crippen molar-refractivity contribution in [3.8, 4) is 0 Å². The lowest BCUT2D eigenvalue weighted by Crippen LogP contribution is -2.43. The van der Waals surface area contributed by atoms with Crippen LogP contribution in [0, 0.1) is 11.8 Å². The van der Waals surface area contributed by atoms with Crippen molar-refractivity contribution >= 4 is 11.7 Å². The third-order valence-electron chi connectivity index (χ3n) is 4.09. The van der Waals surface area contributed by atoms with Crippen molar-refractivity contribution in [2.75, 3.05) is 33.7 Å². The molecule has 116 valence electrons. The number of oxime groups is 1. The number of amides is 1. The topological polar surface area (TPSA) is 82.2 Å². The number of carbonyl (C=O) groups excluding carboxylic acids is 1. The van der Waals surface area contributed by atoms with Crippen LogP contribution in [0.1, 0.15) is 32.6 Å². The SMILES string of the molecule is CCCC(C(=O)N(C)CC1CCN(C)CC1)C(N)=NO. The molecule has 1 amide bonds. The molecular formula is C14H28N4O2. The number of nitrogens with zero attached hydrogens (tertiary/aromatic N) is 3. The summed E-state index contributed by atoms with van der Waals surface area (Å²) in [4.78, 5) is 16.5. The van der Waals surface area contributed by atoms with Crippen molar-refractivity contribution in [1.82, 2.24) is 9.80 Å². The number of hydrogen-bond acceptors (Lipinski definition) is 4. The van der Waals surface area contributed by atoms with Crippen molar-refractivity contribution < 1.29 is 10.0 Å². The number of likely N-dealkylation sites (tertiary alicyclic amines) is 1. The minimum absolute atomic E-state index is 0.0204. The van der Waals surface area contributed by atoms with E-state index >= 15 is 0 Å². The van der Waals surface area contributed by atoms with Crippen molar-refractivity contribution in [2.24, 2.45) is 22.7 Å². The van der Waals surface area contributed by atoms with Crippen LogP contribution >= 0.6 is 0 Å². The zero-order valence-corrected chi connectivity index (χ0v) is 12.9. The Labute approximate surface area is 121 Å². The molecule has 20 heavy (non-hydrogen) atoms. The average Bonchev–Trinajstić information content (AvgIpc) is 2.45. The molecule has 1 aliphatic rings. The summed E-state index contributed by atoms with van der Waals surface area (Å²) >= 11 is 0. The third kappa shape index (κ3) is 4.67. The van der Waals surface area contributed by atoms with Gasteiger partial charge in [-0.05, 0) is 45.3 Å². The minimum Gasteiger partial charge on any atom is -0.409 e. The number of nitrogens with two attached hydrogens (primary N) is 1. The second kappa shape index (κ2) is 8.09. The van der Waals surface area contributed by atoms with E-state index in [0.29, 0.717) is 12.3 Å². The summed E-state index contributed by atoms with van der Waals surface area (Å²) in [6.45, 7) is 4.92. The van der Waals surface area contributed by atoms with Crippen LogP contribution < -0.4 is 5.73 Å². The molecule has 6 heteroatoms. The minimum atomic E-state index is -0.499. The second-order valence-electron chi connectivity index (χ2n) is 5.83. The van der Waals surface area contributed by atoms with Crippen LogP contribution in [0.5, 0.6) is 0 Å². The molecule has 1 unspecified atom stereocenters. The monoisotopic (exact) mass is 284 g/mol.